The van der Waals surface area contributed by atoms with E-state index in [1.165, 1.54) is 0 Å². The first-order chi connectivity index (χ1) is 9.69. The zero-order valence-corrected chi connectivity index (χ0v) is 11.3. The lowest BCUT2D eigenvalue weighted by Crippen LogP contribution is -2.25. The number of para-hydroxylation sites is 1. The molecule has 1 heterocycles. The average molecular weight is 268 g/mol. The van der Waals surface area contributed by atoms with Gasteiger partial charge < -0.3 is 15.4 Å². The van der Waals surface area contributed by atoms with Crippen molar-refractivity contribution in [1.82, 2.24) is 4.90 Å². The van der Waals surface area contributed by atoms with Crippen LogP contribution in [0.4, 0.5) is 5.69 Å². The quantitative estimate of drug-likeness (QED) is 0.851. The molecule has 0 saturated carbocycles. The maximum atomic E-state index is 12.6. The molecular formula is C16H16N2O2. The molecule has 2 N–H and O–H groups in total. The Balaban J connectivity index is 1.87. The average Bonchev–Trinajstić information content (AvgIpc) is 2.89. The molecule has 1 aliphatic heterocycles. The summed E-state index contributed by atoms with van der Waals surface area (Å²) in [6, 6.07) is 13.1. The van der Waals surface area contributed by atoms with Crippen LogP contribution in [0, 0.1) is 0 Å². The highest BCUT2D eigenvalue weighted by Crippen LogP contribution is 2.28. The van der Waals surface area contributed by atoms with E-state index in [0.717, 1.165) is 16.8 Å². The number of nitrogens with two attached hydrogens (primary N) is 1. The number of carbonyl (C=O) groups is 1. The molecule has 3 rings (SSSR count). The Hall–Kier alpha value is -2.49. The number of nitrogens with zero attached hydrogens (tertiary/aromatic N) is 1. The first-order valence-electron chi connectivity index (χ1n) is 6.48. The predicted octanol–water partition coefficient (Wildman–Crippen LogP) is 2.43. The van der Waals surface area contributed by atoms with Gasteiger partial charge in [0, 0.05) is 18.8 Å². The van der Waals surface area contributed by atoms with Crippen LogP contribution in [0.1, 0.15) is 21.5 Å². The fourth-order valence-electron chi connectivity index (χ4n) is 2.55. The number of anilines is 1. The SMILES string of the molecule is COc1ccccc1C(=O)N1Cc2ccc(N)cc2C1. The molecule has 0 fully saturated rings. The first kappa shape index (κ1) is 12.5. The van der Waals surface area contributed by atoms with Crippen LogP contribution in [0.3, 0.4) is 0 Å². The van der Waals surface area contributed by atoms with Crippen LogP contribution in [0.5, 0.6) is 5.75 Å². The highest BCUT2D eigenvalue weighted by atomic mass is 16.5. The lowest BCUT2D eigenvalue weighted by atomic mass is 10.1. The standard InChI is InChI=1S/C16H16N2O2/c1-20-15-5-3-2-4-14(15)16(19)18-9-11-6-7-13(17)8-12(11)10-18/h2-8H,9-10,17H2,1H3. The molecule has 0 aliphatic carbocycles. The van der Waals surface area contributed by atoms with Gasteiger partial charge in [0.25, 0.3) is 5.91 Å². The second-order valence-corrected chi connectivity index (χ2v) is 4.89. The van der Waals surface area contributed by atoms with E-state index in [4.69, 9.17) is 10.5 Å². The number of amides is 1. The van der Waals surface area contributed by atoms with Gasteiger partial charge in [-0.1, -0.05) is 18.2 Å². The van der Waals surface area contributed by atoms with Gasteiger partial charge in [-0.15, -0.1) is 0 Å². The van der Waals surface area contributed by atoms with Gasteiger partial charge in [-0.25, -0.2) is 0 Å². The molecule has 102 valence electrons. The molecule has 0 saturated heterocycles. The van der Waals surface area contributed by atoms with E-state index in [2.05, 4.69) is 0 Å². The molecule has 1 aliphatic rings. The Morgan fingerprint density at radius 1 is 1.15 bits per heavy atom. The monoisotopic (exact) mass is 268 g/mol. The van der Waals surface area contributed by atoms with Crippen molar-refractivity contribution in [2.75, 3.05) is 12.8 Å². The second kappa shape index (κ2) is 4.89. The van der Waals surface area contributed by atoms with E-state index < -0.39 is 0 Å². The van der Waals surface area contributed by atoms with Crippen LogP contribution >= 0.6 is 0 Å². The van der Waals surface area contributed by atoms with E-state index in [-0.39, 0.29) is 5.91 Å². The Kier molecular flexibility index (Phi) is 3.06. The maximum Gasteiger partial charge on any atom is 0.258 e. The predicted molar refractivity (Wildman–Crippen MR) is 77.4 cm³/mol. The molecule has 4 heteroatoms. The molecule has 1 amide bonds. The number of fused-ring (bicyclic) bond motifs is 1. The van der Waals surface area contributed by atoms with Crippen LogP contribution in [-0.2, 0) is 13.1 Å². The van der Waals surface area contributed by atoms with E-state index in [1.54, 1.807) is 19.2 Å². The van der Waals surface area contributed by atoms with Gasteiger partial charge >= 0.3 is 0 Å². The molecular weight excluding hydrogens is 252 g/mol. The summed E-state index contributed by atoms with van der Waals surface area (Å²) >= 11 is 0. The normalized spacial score (nSPS) is 13.2. The summed E-state index contributed by atoms with van der Waals surface area (Å²) in [5.41, 5.74) is 9.38. The van der Waals surface area contributed by atoms with Crippen molar-refractivity contribution in [2.45, 2.75) is 13.1 Å². The van der Waals surface area contributed by atoms with Gasteiger partial charge in [-0.05, 0) is 35.4 Å². The van der Waals surface area contributed by atoms with E-state index in [0.29, 0.717) is 24.4 Å². The molecule has 0 atom stereocenters. The summed E-state index contributed by atoms with van der Waals surface area (Å²) in [5.74, 6) is 0.588. The van der Waals surface area contributed by atoms with E-state index >= 15 is 0 Å². The number of carbonyl (C=O) groups excluding carboxylic acids is 1. The van der Waals surface area contributed by atoms with Crippen molar-refractivity contribution in [2.24, 2.45) is 0 Å². The number of rotatable bonds is 2. The van der Waals surface area contributed by atoms with Gasteiger partial charge in [0.15, 0.2) is 0 Å². The fraction of sp³-hybridized carbons (Fsp3) is 0.188. The molecule has 0 unspecified atom stereocenters. The minimum atomic E-state index is -0.0165. The lowest BCUT2D eigenvalue weighted by molar-refractivity contribution is 0.0748. The van der Waals surface area contributed by atoms with Crippen molar-refractivity contribution in [3.05, 3.63) is 59.2 Å². The van der Waals surface area contributed by atoms with Crippen LogP contribution < -0.4 is 10.5 Å². The topological polar surface area (TPSA) is 55.6 Å². The number of ether oxygens (including phenoxy) is 1. The molecule has 2 aromatic carbocycles. The Morgan fingerprint density at radius 2 is 1.90 bits per heavy atom. The summed E-state index contributed by atoms with van der Waals surface area (Å²) in [6.45, 7) is 1.21. The van der Waals surface area contributed by atoms with Crippen molar-refractivity contribution < 1.29 is 9.53 Å². The number of nitrogen functional groups attached to an aromatic ring is 1. The largest absolute Gasteiger partial charge is 0.496 e. The van der Waals surface area contributed by atoms with Gasteiger partial charge in [0.2, 0.25) is 0 Å². The Bertz CT molecular complexity index is 667. The van der Waals surface area contributed by atoms with Crippen molar-refractivity contribution in [1.29, 1.82) is 0 Å². The number of benzene rings is 2. The lowest BCUT2D eigenvalue weighted by Gasteiger charge is -2.17. The third kappa shape index (κ3) is 2.09. The van der Waals surface area contributed by atoms with Crippen molar-refractivity contribution >= 4 is 11.6 Å². The van der Waals surface area contributed by atoms with E-state index in [1.807, 2.05) is 35.2 Å². The van der Waals surface area contributed by atoms with Gasteiger partial charge in [0.1, 0.15) is 5.75 Å². The van der Waals surface area contributed by atoms with E-state index in [9.17, 15) is 4.79 Å². The third-order valence-corrected chi connectivity index (χ3v) is 3.58. The van der Waals surface area contributed by atoms with Gasteiger partial charge in [-0.2, -0.15) is 0 Å². The molecule has 0 radical (unpaired) electrons. The number of methoxy groups -OCH3 is 1. The molecule has 0 spiro atoms. The molecule has 2 aromatic rings. The van der Waals surface area contributed by atoms with Crippen LogP contribution in [0.15, 0.2) is 42.5 Å². The summed E-state index contributed by atoms with van der Waals surface area (Å²) in [7, 11) is 1.57. The highest BCUT2D eigenvalue weighted by molar-refractivity contribution is 5.97. The Morgan fingerprint density at radius 3 is 2.70 bits per heavy atom. The molecule has 4 nitrogen and oxygen atoms in total. The molecule has 0 aromatic heterocycles. The fourth-order valence-corrected chi connectivity index (χ4v) is 2.55. The van der Waals surface area contributed by atoms with Crippen LogP contribution in [0.25, 0.3) is 0 Å². The van der Waals surface area contributed by atoms with Crippen LogP contribution in [0.2, 0.25) is 0 Å². The number of hydrogen-bond donors (Lipinski definition) is 1. The smallest absolute Gasteiger partial charge is 0.258 e. The summed E-state index contributed by atoms with van der Waals surface area (Å²) in [4.78, 5) is 14.4. The summed E-state index contributed by atoms with van der Waals surface area (Å²) < 4.78 is 5.25. The maximum absolute atomic E-state index is 12.6. The first-order valence-corrected chi connectivity index (χ1v) is 6.48. The third-order valence-electron chi connectivity index (χ3n) is 3.58. The zero-order valence-electron chi connectivity index (χ0n) is 11.3. The van der Waals surface area contributed by atoms with Crippen LogP contribution in [-0.4, -0.2) is 17.9 Å². The second-order valence-electron chi connectivity index (χ2n) is 4.89. The minimum Gasteiger partial charge on any atom is -0.496 e. The van der Waals surface area contributed by atoms with Crippen molar-refractivity contribution in [3.8, 4) is 5.75 Å². The summed E-state index contributed by atoms with van der Waals surface area (Å²) in [5, 5.41) is 0. The van der Waals surface area contributed by atoms with Gasteiger partial charge in [-0.3, -0.25) is 4.79 Å². The Labute approximate surface area is 117 Å². The summed E-state index contributed by atoms with van der Waals surface area (Å²) in [6.07, 6.45) is 0. The highest BCUT2D eigenvalue weighted by Gasteiger charge is 2.25. The minimum absolute atomic E-state index is 0.0165. The number of hydrogen-bond acceptors (Lipinski definition) is 3. The van der Waals surface area contributed by atoms with Gasteiger partial charge in [0.05, 0.1) is 12.7 Å². The molecule has 0 bridgehead atoms. The zero-order chi connectivity index (χ0) is 14.1. The molecule has 20 heavy (non-hydrogen) atoms. The van der Waals surface area contributed by atoms with Crippen molar-refractivity contribution in [3.63, 3.8) is 0 Å².